The number of thiazole rings is 1. The van der Waals surface area contributed by atoms with E-state index in [-0.39, 0.29) is 22.8 Å². The number of likely N-dealkylation sites (tertiary alicyclic amines) is 1. The Kier molecular flexibility index (Phi) is 10.9. The van der Waals surface area contributed by atoms with Crippen molar-refractivity contribution in [2.45, 2.75) is 77.7 Å². The number of carbonyl (C=O) groups excluding carboxylic acids is 1. The van der Waals surface area contributed by atoms with Crippen molar-refractivity contribution in [2.24, 2.45) is 17.8 Å². The first-order chi connectivity index (χ1) is 21.5. The number of nitrogens with one attached hydrogen (secondary N) is 1. The highest BCUT2D eigenvalue weighted by Crippen LogP contribution is 2.34. The number of carboxylic acids is 1. The number of hydrogen-bond donors (Lipinski definition) is 2. The number of piperidine rings is 2. The Morgan fingerprint density at radius 2 is 1.73 bits per heavy atom. The third kappa shape index (κ3) is 8.11. The van der Waals surface area contributed by atoms with Gasteiger partial charge in [-0.15, -0.1) is 0 Å². The molecule has 0 aromatic carbocycles. The van der Waals surface area contributed by atoms with Gasteiger partial charge in [0.1, 0.15) is 10.3 Å². The van der Waals surface area contributed by atoms with E-state index in [2.05, 4.69) is 20.2 Å². The number of hydrogen-bond acceptors (Lipinski definition) is 9. The Balaban J connectivity index is 1.23. The molecule has 2 saturated heterocycles. The fraction of sp³-hybridized carbons (Fsp3) is 0.625. The summed E-state index contributed by atoms with van der Waals surface area (Å²) in [6.45, 7) is 5.90. The van der Waals surface area contributed by atoms with E-state index in [1.165, 1.54) is 24.2 Å². The molecule has 246 valence electrons. The number of amides is 1. The summed E-state index contributed by atoms with van der Waals surface area (Å²) in [5, 5.41) is 12.8. The van der Waals surface area contributed by atoms with Gasteiger partial charge in [0.05, 0.1) is 23.9 Å². The van der Waals surface area contributed by atoms with Crippen LogP contribution in [0.1, 0.15) is 71.6 Å². The van der Waals surface area contributed by atoms with Crippen LogP contribution in [0.4, 0.5) is 5.13 Å². The first-order valence-corrected chi connectivity index (χ1v) is 18.2. The quantitative estimate of drug-likeness (QED) is 0.308. The fourth-order valence-electron chi connectivity index (χ4n) is 6.85. The SMILES string of the molecule is COc1ccc2nc(NC(=O)C(CC3CCCC3)/C(C)=C/C=C(\C)S(=O)(=O)N3CCC(N4CCC(C(=O)O)CC4)CC3)sc2n1. The third-order valence-electron chi connectivity index (χ3n) is 9.73. The number of sulfonamides is 1. The second-order valence-electron chi connectivity index (χ2n) is 12.6. The summed E-state index contributed by atoms with van der Waals surface area (Å²) in [5.74, 6) is -0.610. The predicted molar refractivity (Wildman–Crippen MR) is 176 cm³/mol. The van der Waals surface area contributed by atoms with Crippen molar-refractivity contribution >= 4 is 48.7 Å². The molecular weight excluding hydrogens is 615 g/mol. The number of allylic oxidation sites excluding steroid dienone is 3. The first-order valence-electron chi connectivity index (χ1n) is 16.0. The maximum absolute atomic E-state index is 13.6. The van der Waals surface area contributed by atoms with Gasteiger partial charge in [-0.3, -0.25) is 9.59 Å². The zero-order valence-corrected chi connectivity index (χ0v) is 28.0. The van der Waals surface area contributed by atoms with Gasteiger partial charge in [-0.05, 0) is 77.1 Å². The maximum atomic E-state index is 13.6. The van der Waals surface area contributed by atoms with E-state index in [0.29, 0.717) is 59.6 Å². The summed E-state index contributed by atoms with van der Waals surface area (Å²) >= 11 is 1.30. The average Bonchev–Trinajstić information content (AvgIpc) is 3.71. The van der Waals surface area contributed by atoms with Crippen LogP contribution >= 0.6 is 11.3 Å². The number of rotatable bonds is 11. The number of aromatic nitrogens is 2. The van der Waals surface area contributed by atoms with Gasteiger partial charge in [0.15, 0.2) is 5.13 Å². The first kappa shape index (κ1) is 33.5. The molecule has 0 radical (unpaired) electrons. The highest BCUT2D eigenvalue weighted by atomic mass is 32.2. The van der Waals surface area contributed by atoms with Gasteiger partial charge < -0.3 is 20.1 Å². The molecule has 0 bridgehead atoms. The monoisotopic (exact) mass is 659 g/mol. The molecule has 2 aromatic rings. The molecule has 2 aliphatic heterocycles. The molecular formula is C32H45N5O6S2. The van der Waals surface area contributed by atoms with Crippen LogP contribution in [0.2, 0.25) is 0 Å². The van der Waals surface area contributed by atoms with Crippen LogP contribution in [-0.4, -0.2) is 83.9 Å². The molecule has 4 heterocycles. The average molecular weight is 660 g/mol. The van der Waals surface area contributed by atoms with Crippen LogP contribution in [0.3, 0.4) is 0 Å². The Hall–Kier alpha value is -2.87. The van der Waals surface area contributed by atoms with Gasteiger partial charge in [0.25, 0.3) is 0 Å². The molecule has 13 heteroatoms. The second kappa shape index (κ2) is 14.7. The van der Waals surface area contributed by atoms with Gasteiger partial charge in [0, 0.05) is 25.2 Å². The van der Waals surface area contributed by atoms with E-state index < -0.39 is 21.9 Å². The van der Waals surface area contributed by atoms with Crippen molar-refractivity contribution in [1.29, 1.82) is 0 Å². The lowest BCUT2D eigenvalue weighted by Gasteiger charge is -2.40. The predicted octanol–water partition coefficient (Wildman–Crippen LogP) is 5.28. The molecule has 3 aliphatic rings. The molecule has 11 nitrogen and oxygen atoms in total. The van der Waals surface area contributed by atoms with Gasteiger partial charge in [-0.1, -0.05) is 48.7 Å². The molecule has 45 heavy (non-hydrogen) atoms. The van der Waals surface area contributed by atoms with Gasteiger partial charge in [-0.2, -0.15) is 4.31 Å². The molecule has 1 amide bonds. The van der Waals surface area contributed by atoms with E-state index >= 15 is 0 Å². The number of anilines is 1. The summed E-state index contributed by atoms with van der Waals surface area (Å²) in [6, 6.07) is 3.83. The van der Waals surface area contributed by atoms with Crippen molar-refractivity contribution in [1.82, 2.24) is 19.2 Å². The van der Waals surface area contributed by atoms with Crippen molar-refractivity contribution < 1.29 is 27.9 Å². The second-order valence-corrected chi connectivity index (χ2v) is 15.7. The highest BCUT2D eigenvalue weighted by molar-refractivity contribution is 7.93. The molecule has 5 rings (SSSR count). The summed E-state index contributed by atoms with van der Waals surface area (Å²) in [5.41, 5.74) is 1.50. The Morgan fingerprint density at radius 1 is 1.04 bits per heavy atom. The van der Waals surface area contributed by atoms with Gasteiger partial charge in [0.2, 0.25) is 21.8 Å². The summed E-state index contributed by atoms with van der Waals surface area (Å²) < 4.78 is 33.8. The van der Waals surface area contributed by atoms with Crippen molar-refractivity contribution in [3.63, 3.8) is 0 Å². The zero-order valence-electron chi connectivity index (χ0n) is 26.4. The number of carbonyl (C=O) groups is 2. The van der Waals surface area contributed by atoms with Crippen LogP contribution in [-0.2, 0) is 19.6 Å². The number of methoxy groups -OCH3 is 1. The normalized spacial score (nSPS) is 21.3. The van der Waals surface area contributed by atoms with Crippen molar-refractivity contribution in [2.75, 3.05) is 38.6 Å². The van der Waals surface area contributed by atoms with Crippen molar-refractivity contribution in [3.8, 4) is 5.88 Å². The Labute approximate surface area is 269 Å². The molecule has 1 saturated carbocycles. The number of nitrogens with zero attached hydrogens (tertiary/aromatic N) is 4. The van der Waals surface area contributed by atoms with Gasteiger partial charge in [-0.25, -0.2) is 18.4 Å². The maximum Gasteiger partial charge on any atom is 0.306 e. The van der Waals surface area contributed by atoms with Gasteiger partial charge >= 0.3 is 5.97 Å². The van der Waals surface area contributed by atoms with Crippen LogP contribution < -0.4 is 10.1 Å². The topological polar surface area (TPSA) is 142 Å². The number of aliphatic carboxylic acids is 1. The number of pyridine rings is 1. The minimum atomic E-state index is -3.64. The summed E-state index contributed by atoms with van der Waals surface area (Å²) in [7, 11) is -2.09. The van der Waals surface area contributed by atoms with E-state index in [4.69, 9.17) is 4.74 Å². The zero-order chi connectivity index (χ0) is 32.1. The lowest BCUT2D eigenvalue weighted by atomic mass is 9.87. The van der Waals surface area contributed by atoms with Crippen LogP contribution in [0.25, 0.3) is 10.3 Å². The number of fused-ring (bicyclic) bond motifs is 1. The van der Waals surface area contributed by atoms with Crippen LogP contribution in [0.5, 0.6) is 5.88 Å². The van der Waals surface area contributed by atoms with Crippen LogP contribution in [0.15, 0.2) is 34.8 Å². The molecule has 0 spiro atoms. The van der Waals surface area contributed by atoms with E-state index in [9.17, 15) is 23.1 Å². The number of ether oxygens (including phenoxy) is 1. The fourth-order valence-corrected chi connectivity index (χ4v) is 9.02. The van der Waals surface area contributed by atoms with Crippen LogP contribution in [0, 0.1) is 17.8 Å². The molecule has 1 unspecified atom stereocenters. The molecule has 2 N–H and O–H groups in total. The Bertz CT molecular complexity index is 1530. The smallest absolute Gasteiger partial charge is 0.306 e. The lowest BCUT2D eigenvalue weighted by Crippen LogP contribution is -2.49. The largest absolute Gasteiger partial charge is 0.481 e. The van der Waals surface area contributed by atoms with E-state index in [1.807, 2.05) is 13.0 Å². The molecule has 1 atom stereocenters. The van der Waals surface area contributed by atoms with E-state index in [0.717, 1.165) is 44.3 Å². The summed E-state index contributed by atoms with van der Waals surface area (Å²) in [4.78, 5) is 37.1. The summed E-state index contributed by atoms with van der Waals surface area (Å²) in [6.07, 6.45) is 11.4. The lowest BCUT2D eigenvalue weighted by molar-refractivity contribution is -0.143. The highest BCUT2D eigenvalue weighted by Gasteiger charge is 2.34. The standard InChI is InChI=1S/C32H45N5O6S2/c1-21(8-9-22(2)45(41,42)37-18-14-25(15-19-37)36-16-12-24(13-17-36)31(39)40)26(20-23-6-4-5-7-23)29(38)35-32-33-27-10-11-28(43-3)34-30(27)44-32/h8-11,23-26H,4-7,12-20H2,1-3H3,(H,39,40)(H,33,35,38)/b21-8+,22-9+. The molecule has 3 fully saturated rings. The number of carboxylic acid groups (broad SMARTS) is 1. The third-order valence-corrected chi connectivity index (χ3v) is 12.6. The molecule has 1 aliphatic carbocycles. The molecule has 2 aromatic heterocycles. The Morgan fingerprint density at radius 3 is 2.38 bits per heavy atom. The minimum Gasteiger partial charge on any atom is -0.481 e. The van der Waals surface area contributed by atoms with E-state index in [1.54, 1.807) is 36.6 Å². The van der Waals surface area contributed by atoms with Crippen molar-refractivity contribution in [3.05, 3.63) is 34.8 Å². The minimum absolute atomic E-state index is 0.148.